The molecule has 2 atom stereocenters. The largest absolute Gasteiger partial charge is 0.352 e. The number of nitrogens with one attached hydrogen (secondary N) is 2. The molecule has 1 aromatic carbocycles. The molecule has 3 amide bonds. The fourth-order valence-electron chi connectivity index (χ4n) is 4.42. The minimum absolute atomic E-state index is 0.100. The summed E-state index contributed by atoms with van der Waals surface area (Å²) in [5.74, 6) is -1.80. The van der Waals surface area contributed by atoms with E-state index in [1.54, 1.807) is 6.07 Å². The van der Waals surface area contributed by atoms with E-state index in [1.807, 2.05) is 6.07 Å². The van der Waals surface area contributed by atoms with Gasteiger partial charge in [0, 0.05) is 18.5 Å². The van der Waals surface area contributed by atoms with Crippen molar-refractivity contribution in [3.05, 3.63) is 35.6 Å². The third kappa shape index (κ3) is 2.75. The lowest BCUT2D eigenvalue weighted by Crippen LogP contribution is -2.60. The number of nitrogens with zero attached hydrogens (tertiary/aromatic N) is 1. The zero-order valence-corrected chi connectivity index (χ0v) is 14.5. The van der Waals surface area contributed by atoms with Crippen LogP contribution < -0.4 is 10.6 Å². The number of rotatable bonds is 3. The van der Waals surface area contributed by atoms with Crippen molar-refractivity contribution >= 4 is 17.7 Å². The molecule has 6 nitrogen and oxygen atoms in total. The van der Waals surface area contributed by atoms with Crippen molar-refractivity contribution in [3.8, 4) is 0 Å². The first kappa shape index (κ1) is 17.0. The van der Waals surface area contributed by atoms with Gasteiger partial charge in [-0.25, -0.2) is 4.39 Å². The van der Waals surface area contributed by atoms with Crippen LogP contribution in [0.4, 0.5) is 4.39 Å². The van der Waals surface area contributed by atoms with Crippen LogP contribution in [-0.2, 0) is 19.8 Å². The van der Waals surface area contributed by atoms with E-state index in [1.165, 1.54) is 17.0 Å². The van der Waals surface area contributed by atoms with Crippen molar-refractivity contribution in [2.24, 2.45) is 0 Å². The van der Waals surface area contributed by atoms with Gasteiger partial charge in [-0.2, -0.15) is 0 Å². The van der Waals surface area contributed by atoms with Gasteiger partial charge in [-0.3, -0.25) is 14.4 Å². The zero-order valence-electron chi connectivity index (χ0n) is 14.5. The summed E-state index contributed by atoms with van der Waals surface area (Å²) in [6, 6.07) is 5.80. The molecule has 2 heterocycles. The second kappa shape index (κ2) is 6.37. The Labute approximate surface area is 151 Å². The van der Waals surface area contributed by atoms with Gasteiger partial charge in [-0.05, 0) is 43.4 Å². The van der Waals surface area contributed by atoms with E-state index < -0.39 is 17.9 Å². The summed E-state index contributed by atoms with van der Waals surface area (Å²) in [6.07, 6.45) is 4.04. The summed E-state index contributed by atoms with van der Waals surface area (Å²) in [4.78, 5) is 38.4. The van der Waals surface area contributed by atoms with Crippen molar-refractivity contribution in [2.75, 3.05) is 13.1 Å². The molecular weight excluding hydrogens is 337 g/mol. The average Bonchev–Trinajstić information content (AvgIpc) is 2.93. The van der Waals surface area contributed by atoms with Crippen LogP contribution in [0, 0.1) is 5.82 Å². The zero-order chi connectivity index (χ0) is 18.3. The molecule has 26 heavy (non-hydrogen) atoms. The lowest BCUT2D eigenvalue weighted by molar-refractivity contribution is -0.151. The topological polar surface area (TPSA) is 78.5 Å². The third-order valence-electron chi connectivity index (χ3n) is 6.08. The number of piperazine rings is 1. The minimum Gasteiger partial charge on any atom is -0.352 e. The smallest absolute Gasteiger partial charge is 0.312 e. The van der Waals surface area contributed by atoms with Crippen LogP contribution in [-0.4, -0.2) is 47.8 Å². The molecule has 2 saturated heterocycles. The van der Waals surface area contributed by atoms with E-state index >= 15 is 0 Å². The molecule has 0 aromatic heterocycles. The molecule has 1 saturated carbocycles. The fourth-order valence-corrected chi connectivity index (χ4v) is 4.42. The van der Waals surface area contributed by atoms with Gasteiger partial charge in [0.2, 0.25) is 5.91 Å². The van der Waals surface area contributed by atoms with Crippen LogP contribution in [0.2, 0.25) is 0 Å². The molecule has 138 valence electrons. The number of halogens is 1. The minimum atomic E-state index is -0.681. The van der Waals surface area contributed by atoms with Crippen LogP contribution in [0.5, 0.6) is 0 Å². The number of amides is 3. The molecule has 2 unspecified atom stereocenters. The van der Waals surface area contributed by atoms with E-state index in [0.29, 0.717) is 19.5 Å². The van der Waals surface area contributed by atoms with E-state index in [4.69, 9.17) is 0 Å². The van der Waals surface area contributed by atoms with Gasteiger partial charge in [-0.1, -0.05) is 18.6 Å². The second-order valence-electron chi connectivity index (χ2n) is 7.53. The monoisotopic (exact) mass is 359 g/mol. The highest BCUT2D eigenvalue weighted by Crippen LogP contribution is 2.43. The maximum absolute atomic E-state index is 13.6. The average molecular weight is 359 g/mol. The highest BCUT2D eigenvalue weighted by molar-refractivity contribution is 6.35. The van der Waals surface area contributed by atoms with E-state index in [9.17, 15) is 18.8 Å². The summed E-state index contributed by atoms with van der Waals surface area (Å²) in [6.45, 7) is 0.706. The van der Waals surface area contributed by atoms with Crippen molar-refractivity contribution in [2.45, 2.75) is 49.6 Å². The van der Waals surface area contributed by atoms with Crippen LogP contribution in [0.15, 0.2) is 24.3 Å². The Morgan fingerprint density at radius 2 is 2.12 bits per heavy atom. The lowest BCUT2D eigenvalue weighted by atomic mass is 9.64. The molecule has 1 aliphatic carbocycles. The molecule has 1 aromatic rings. The predicted molar refractivity (Wildman–Crippen MR) is 91.6 cm³/mol. The lowest BCUT2D eigenvalue weighted by Gasteiger charge is -2.42. The van der Waals surface area contributed by atoms with Gasteiger partial charge < -0.3 is 15.5 Å². The third-order valence-corrected chi connectivity index (χ3v) is 6.08. The molecule has 7 heteroatoms. The Morgan fingerprint density at radius 1 is 1.31 bits per heavy atom. The molecule has 4 rings (SSSR count). The van der Waals surface area contributed by atoms with Gasteiger partial charge in [0.25, 0.3) is 0 Å². The first-order chi connectivity index (χ1) is 12.5. The first-order valence-corrected chi connectivity index (χ1v) is 9.14. The van der Waals surface area contributed by atoms with Crippen molar-refractivity contribution in [1.82, 2.24) is 15.5 Å². The molecule has 0 spiro atoms. The normalized spacial score (nSPS) is 26.0. The van der Waals surface area contributed by atoms with E-state index in [0.717, 1.165) is 31.2 Å². The van der Waals surface area contributed by atoms with Crippen molar-refractivity contribution in [1.29, 1.82) is 0 Å². The molecule has 0 radical (unpaired) electrons. The Morgan fingerprint density at radius 3 is 2.81 bits per heavy atom. The Bertz CT molecular complexity index is 762. The van der Waals surface area contributed by atoms with Gasteiger partial charge in [-0.15, -0.1) is 0 Å². The van der Waals surface area contributed by atoms with Crippen LogP contribution >= 0.6 is 0 Å². The maximum atomic E-state index is 13.6. The summed E-state index contributed by atoms with van der Waals surface area (Å²) in [5, 5.41) is 5.51. The number of carbonyl (C=O) groups is 3. The number of carbonyl (C=O) groups excluding carboxylic acids is 3. The number of benzene rings is 1. The molecule has 2 N–H and O–H groups in total. The van der Waals surface area contributed by atoms with Gasteiger partial charge in [0.05, 0.1) is 6.04 Å². The molecular formula is C19H22FN3O3. The van der Waals surface area contributed by atoms with Crippen LogP contribution in [0.1, 0.15) is 37.7 Å². The quantitative estimate of drug-likeness (QED) is 0.786. The summed E-state index contributed by atoms with van der Waals surface area (Å²) >= 11 is 0. The Kier molecular flexibility index (Phi) is 4.17. The summed E-state index contributed by atoms with van der Waals surface area (Å²) < 4.78 is 13.6. The van der Waals surface area contributed by atoms with Gasteiger partial charge in [0.15, 0.2) is 0 Å². The van der Waals surface area contributed by atoms with E-state index in [2.05, 4.69) is 10.6 Å². The summed E-state index contributed by atoms with van der Waals surface area (Å²) in [7, 11) is 0. The predicted octanol–water partition coefficient (Wildman–Crippen LogP) is 0.853. The van der Waals surface area contributed by atoms with Crippen LogP contribution in [0.25, 0.3) is 0 Å². The molecule has 3 fully saturated rings. The van der Waals surface area contributed by atoms with E-state index in [-0.39, 0.29) is 23.2 Å². The maximum Gasteiger partial charge on any atom is 0.312 e. The van der Waals surface area contributed by atoms with Crippen molar-refractivity contribution < 1.29 is 18.8 Å². The highest BCUT2D eigenvalue weighted by atomic mass is 19.1. The SMILES string of the molecule is O=C(NCC1(c2cccc(F)c2)CCC1)C(=O)N1C2CCC1C(=O)NC2. The number of fused-ring (bicyclic) bond motifs is 2. The molecule has 2 aliphatic heterocycles. The van der Waals surface area contributed by atoms with Gasteiger partial charge in [0.1, 0.15) is 11.9 Å². The van der Waals surface area contributed by atoms with Gasteiger partial charge >= 0.3 is 11.8 Å². The van der Waals surface area contributed by atoms with Crippen molar-refractivity contribution in [3.63, 3.8) is 0 Å². The fraction of sp³-hybridized carbons (Fsp3) is 0.526. The summed E-state index contributed by atoms with van der Waals surface area (Å²) in [5.41, 5.74) is 0.546. The molecule has 2 bridgehead atoms. The highest BCUT2D eigenvalue weighted by Gasteiger charge is 2.46. The first-order valence-electron chi connectivity index (χ1n) is 9.14. The van der Waals surface area contributed by atoms with Crippen LogP contribution in [0.3, 0.4) is 0 Å². The Hall–Kier alpha value is -2.44. The Balaban J connectivity index is 1.43. The molecule has 3 aliphatic rings. The standard InChI is InChI=1S/C19H22FN3O3/c20-13-4-1-3-12(9-13)19(7-2-8-19)11-22-17(25)18(26)23-14-5-6-15(23)16(24)21-10-14/h1,3-4,9,14-15H,2,5-8,10-11H2,(H,21,24)(H,22,25). The number of hydrogen-bond acceptors (Lipinski definition) is 3. The second-order valence-corrected chi connectivity index (χ2v) is 7.53. The number of hydrogen-bond donors (Lipinski definition) is 2.